The number of benzene rings is 2. The molecule has 1 aliphatic carbocycles. The van der Waals surface area contributed by atoms with Crippen molar-refractivity contribution in [2.75, 3.05) is 18.5 Å². The molecule has 0 atom stereocenters. The maximum Gasteiger partial charge on any atom is 0.269 e. The molecule has 1 aliphatic heterocycles. The van der Waals surface area contributed by atoms with Crippen molar-refractivity contribution >= 4 is 31.6 Å². The van der Waals surface area contributed by atoms with Crippen LogP contribution in [0.25, 0.3) is 0 Å². The minimum atomic E-state index is -3.64. The molecule has 1 saturated heterocycles. The number of carbonyl (C=O) groups is 1. The van der Waals surface area contributed by atoms with Crippen LogP contribution in [0.2, 0.25) is 0 Å². The van der Waals surface area contributed by atoms with Crippen LogP contribution in [0.4, 0.5) is 5.69 Å². The maximum absolute atomic E-state index is 12.8. The number of amides is 1. The van der Waals surface area contributed by atoms with Gasteiger partial charge in [-0.2, -0.15) is 4.31 Å². The van der Waals surface area contributed by atoms with E-state index in [0.29, 0.717) is 18.8 Å². The van der Waals surface area contributed by atoms with Crippen molar-refractivity contribution in [3.05, 3.63) is 54.1 Å². The lowest BCUT2D eigenvalue weighted by molar-refractivity contribution is 0.0962. The number of anilines is 1. The second-order valence-corrected chi connectivity index (χ2v) is 11.6. The van der Waals surface area contributed by atoms with Gasteiger partial charge in [0.25, 0.3) is 5.91 Å². The molecule has 1 saturated carbocycles. The normalized spacial score (nSPS) is 17.6. The van der Waals surface area contributed by atoms with Gasteiger partial charge in [0.05, 0.1) is 15.5 Å². The molecule has 0 radical (unpaired) electrons. The molecule has 0 bridgehead atoms. The van der Waals surface area contributed by atoms with E-state index in [0.717, 1.165) is 32.1 Å². The molecule has 32 heavy (non-hydrogen) atoms. The first kappa shape index (κ1) is 22.7. The lowest BCUT2D eigenvalue weighted by atomic mass is 10.2. The van der Waals surface area contributed by atoms with Gasteiger partial charge >= 0.3 is 0 Å². The smallest absolute Gasteiger partial charge is 0.269 e. The summed E-state index contributed by atoms with van der Waals surface area (Å²) in [5, 5.41) is 0. The van der Waals surface area contributed by atoms with Gasteiger partial charge in [0, 0.05) is 24.7 Å². The van der Waals surface area contributed by atoms with Crippen molar-refractivity contribution in [3.63, 3.8) is 0 Å². The van der Waals surface area contributed by atoms with Gasteiger partial charge in [0.1, 0.15) is 0 Å². The minimum Gasteiger partial charge on any atom is -0.298 e. The first-order chi connectivity index (χ1) is 15.3. The van der Waals surface area contributed by atoms with Crippen LogP contribution < -0.4 is 15.6 Å². The summed E-state index contributed by atoms with van der Waals surface area (Å²) in [7, 11) is -7.18. The monoisotopic (exact) mass is 478 g/mol. The Balaban J connectivity index is 1.39. The SMILES string of the molecule is O=C(NNc1ccc(S(=O)(=O)NC2CC2)cc1)c1cccc(S(=O)(=O)N2CCCCC2)c1. The molecule has 0 spiro atoms. The van der Waals surface area contributed by atoms with Crippen LogP contribution in [0, 0.1) is 0 Å². The quantitative estimate of drug-likeness (QED) is 0.499. The van der Waals surface area contributed by atoms with Gasteiger partial charge in [-0.15, -0.1) is 0 Å². The number of piperidine rings is 1. The highest BCUT2D eigenvalue weighted by molar-refractivity contribution is 7.89. The van der Waals surface area contributed by atoms with Crippen molar-refractivity contribution in [1.29, 1.82) is 0 Å². The van der Waals surface area contributed by atoms with Gasteiger partial charge < -0.3 is 0 Å². The highest BCUT2D eigenvalue weighted by Gasteiger charge is 2.28. The predicted molar refractivity (Wildman–Crippen MR) is 120 cm³/mol. The van der Waals surface area contributed by atoms with Crippen LogP contribution in [-0.4, -0.2) is 46.2 Å². The van der Waals surface area contributed by atoms with Gasteiger partial charge in [-0.25, -0.2) is 21.6 Å². The van der Waals surface area contributed by atoms with Crippen molar-refractivity contribution in [2.45, 2.75) is 47.9 Å². The molecule has 4 rings (SSSR count). The van der Waals surface area contributed by atoms with Gasteiger partial charge in [-0.3, -0.25) is 15.6 Å². The Morgan fingerprint density at radius 2 is 1.56 bits per heavy atom. The van der Waals surface area contributed by atoms with E-state index in [4.69, 9.17) is 0 Å². The Hall–Kier alpha value is -2.47. The minimum absolute atomic E-state index is 0.0200. The summed E-state index contributed by atoms with van der Waals surface area (Å²) in [5.41, 5.74) is 5.92. The zero-order valence-electron chi connectivity index (χ0n) is 17.5. The third-order valence-electron chi connectivity index (χ3n) is 5.43. The van der Waals surface area contributed by atoms with Crippen molar-refractivity contribution < 1.29 is 21.6 Å². The average Bonchev–Trinajstić information content (AvgIpc) is 3.62. The third kappa shape index (κ3) is 5.29. The lowest BCUT2D eigenvalue weighted by Crippen LogP contribution is -2.35. The number of nitrogens with one attached hydrogen (secondary N) is 3. The number of hydrazine groups is 1. The second kappa shape index (κ2) is 9.18. The summed E-state index contributed by atoms with van der Waals surface area (Å²) in [6.45, 7) is 0.977. The van der Waals surface area contributed by atoms with E-state index >= 15 is 0 Å². The number of hydrogen-bond acceptors (Lipinski definition) is 6. The van der Waals surface area contributed by atoms with E-state index in [2.05, 4.69) is 15.6 Å². The molecule has 0 unspecified atom stereocenters. The van der Waals surface area contributed by atoms with E-state index in [9.17, 15) is 21.6 Å². The predicted octanol–water partition coefficient (Wildman–Crippen LogP) is 2.06. The van der Waals surface area contributed by atoms with Crippen molar-refractivity contribution in [2.24, 2.45) is 0 Å². The number of sulfonamides is 2. The average molecular weight is 479 g/mol. The molecular formula is C21H26N4O5S2. The Labute approximate surface area is 188 Å². The fraction of sp³-hybridized carbons (Fsp3) is 0.381. The molecule has 9 nitrogen and oxygen atoms in total. The molecule has 0 aromatic heterocycles. The van der Waals surface area contributed by atoms with Crippen LogP contribution in [-0.2, 0) is 20.0 Å². The topological polar surface area (TPSA) is 125 Å². The molecule has 2 fully saturated rings. The molecular weight excluding hydrogens is 452 g/mol. The van der Waals surface area contributed by atoms with Gasteiger partial charge in [0.2, 0.25) is 20.0 Å². The zero-order chi connectivity index (χ0) is 22.8. The number of rotatable bonds is 8. The van der Waals surface area contributed by atoms with Gasteiger partial charge in [-0.1, -0.05) is 12.5 Å². The standard InChI is InChI=1S/C21H26N4O5S2/c26-21(16-5-4-6-20(15-16)32(29,30)25-13-2-1-3-14-25)23-22-17-9-11-19(12-10-17)31(27,28)24-18-7-8-18/h4-6,9-12,15,18,22,24H,1-3,7-8,13-14H2,(H,23,26). The van der Waals surface area contributed by atoms with Crippen molar-refractivity contribution in [3.8, 4) is 0 Å². The molecule has 2 aromatic carbocycles. The molecule has 1 heterocycles. The van der Waals surface area contributed by atoms with Gasteiger partial charge in [-0.05, 0) is 68.1 Å². The van der Waals surface area contributed by atoms with Crippen LogP contribution in [0.1, 0.15) is 42.5 Å². The Kier molecular flexibility index (Phi) is 6.52. The highest BCUT2D eigenvalue weighted by Crippen LogP contribution is 2.23. The lowest BCUT2D eigenvalue weighted by Gasteiger charge is -2.26. The van der Waals surface area contributed by atoms with Crippen LogP contribution in [0.5, 0.6) is 0 Å². The summed E-state index contributed by atoms with van der Waals surface area (Å²) < 4.78 is 54.2. The van der Waals surface area contributed by atoms with E-state index in [1.807, 2.05) is 0 Å². The van der Waals surface area contributed by atoms with Crippen LogP contribution in [0.3, 0.4) is 0 Å². The fourth-order valence-corrected chi connectivity index (χ4v) is 6.33. The Morgan fingerprint density at radius 3 is 2.22 bits per heavy atom. The first-order valence-corrected chi connectivity index (χ1v) is 13.5. The molecule has 11 heteroatoms. The highest BCUT2D eigenvalue weighted by atomic mass is 32.2. The number of nitrogens with zero attached hydrogens (tertiary/aromatic N) is 1. The van der Waals surface area contributed by atoms with E-state index in [1.54, 1.807) is 12.1 Å². The largest absolute Gasteiger partial charge is 0.298 e. The summed E-state index contributed by atoms with van der Waals surface area (Å²) in [4.78, 5) is 12.8. The zero-order valence-corrected chi connectivity index (χ0v) is 19.1. The van der Waals surface area contributed by atoms with E-state index in [1.165, 1.54) is 40.7 Å². The third-order valence-corrected chi connectivity index (χ3v) is 8.86. The molecule has 172 valence electrons. The summed E-state index contributed by atoms with van der Waals surface area (Å²) >= 11 is 0. The summed E-state index contributed by atoms with van der Waals surface area (Å²) in [5.74, 6) is -0.507. The van der Waals surface area contributed by atoms with E-state index < -0.39 is 26.0 Å². The molecule has 2 aromatic rings. The summed E-state index contributed by atoms with van der Waals surface area (Å²) in [6, 6.07) is 11.9. The first-order valence-electron chi connectivity index (χ1n) is 10.5. The second-order valence-electron chi connectivity index (χ2n) is 7.99. The van der Waals surface area contributed by atoms with Crippen LogP contribution in [0.15, 0.2) is 58.3 Å². The van der Waals surface area contributed by atoms with Gasteiger partial charge in [0.15, 0.2) is 0 Å². The van der Waals surface area contributed by atoms with Crippen molar-refractivity contribution in [1.82, 2.24) is 14.5 Å². The maximum atomic E-state index is 12.8. The fourth-order valence-electron chi connectivity index (χ4n) is 3.46. The molecule has 3 N–H and O–H groups in total. The summed E-state index contributed by atoms with van der Waals surface area (Å²) in [6.07, 6.45) is 4.39. The Morgan fingerprint density at radius 1 is 0.875 bits per heavy atom. The number of carbonyl (C=O) groups excluding carboxylic acids is 1. The number of hydrogen-bond donors (Lipinski definition) is 3. The van der Waals surface area contributed by atoms with Crippen LogP contribution >= 0.6 is 0 Å². The molecule has 2 aliphatic rings. The Bertz CT molecular complexity index is 1190. The molecule has 1 amide bonds. The van der Waals surface area contributed by atoms with E-state index in [-0.39, 0.29) is 21.4 Å².